The molecule has 0 saturated carbocycles. The fourth-order valence-electron chi connectivity index (χ4n) is 2.53. The molecule has 0 fully saturated rings. The zero-order chi connectivity index (χ0) is 25.3. The Bertz CT molecular complexity index is 1340. The zero-order valence-electron chi connectivity index (χ0n) is 16.7. The van der Waals surface area contributed by atoms with Crippen molar-refractivity contribution < 1.29 is 44.0 Å². The minimum absolute atomic E-state index is 0.0158. The Kier molecular flexibility index (Phi) is 7.52. The molecule has 0 radical (unpaired) electrons. The van der Waals surface area contributed by atoms with E-state index in [1.54, 1.807) is 0 Å². The van der Waals surface area contributed by atoms with E-state index in [9.17, 15) is 34.8 Å². The molecule has 0 aliphatic rings. The van der Waals surface area contributed by atoms with Crippen LogP contribution < -0.4 is 0 Å². The van der Waals surface area contributed by atoms with Gasteiger partial charge in [0.1, 0.15) is 11.2 Å². The van der Waals surface area contributed by atoms with Gasteiger partial charge >= 0.3 is 11.7 Å². The van der Waals surface area contributed by atoms with Gasteiger partial charge in [-0.1, -0.05) is 12.1 Å². The molecular formula is C18H12BrF6N3O4S2. The summed E-state index contributed by atoms with van der Waals surface area (Å²) in [7, 11) is -3.96. The number of pyridine rings is 1. The van der Waals surface area contributed by atoms with Gasteiger partial charge in [0.05, 0.1) is 10.6 Å². The van der Waals surface area contributed by atoms with Crippen LogP contribution in [0.15, 0.2) is 49.8 Å². The summed E-state index contributed by atoms with van der Waals surface area (Å²) in [5.74, 6) is -0.638. The van der Waals surface area contributed by atoms with Gasteiger partial charge in [-0.15, -0.1) is 0 Å². The van der Waals surface area contributed by atoms with E-state index in [1.165, 1.54) is 19.1 Å². The number of oxime groups is 1. The van der Waals surface area contributed by atoms with E-state index in [2.05, 4.69) is 35.9 Å². The minimum Gasteiger partial charge on any atom is -0.435 e. The van der Waals surface area contributed by atoms with Crippen LogP contribution in [-0.2, 0) is 14.7 Å². The summed E-state index contributed by atoms with van der Waals surface area (Å²) in [5, 5.41) is 3.25. The standard InChI is InChI=1S/C18H12BrF6N3O4S2/c1-2-34(29,30)13-5-9(15(19)28-31-8-17(20,21)22)7-26-14(13)16-27-11-6-10(33-18(23,24)25)3-4-12(11)32-16/h3-7H,2,8H2,1H3/b28-15-. The Morgan fingerprint density at radius 3 is 2.53 bits per heavy atom. The van der Waals surface area contributed by atoms with Crippen molar-refractivity contribution in [1.82, 2.24) is 9.97 Å². The molecular weight excluding hydrogens is 580 g/mol. The lowest BCUT2D eigenvalue weighted by molar-refractivity contribution is -0.173. The molecule has 0 unspecified atom stereocenters. The number of oxazole rings is 1. The molecule has 0 aliphatic heterocycles. The number of sulfone groups is 1. The Morgan fingerprint density at radius 1 is 1.21 bits per heavy atom. The van der Waals surface area contributed by atoms with Crippen molar-refractivity contribution in [3.63, 3.8) is 0 Å². The molecule has 0 aliphatic carbocycles. The van der Waals surface area contributed by atoms with Gasteiger partial charge in [0.15, 0.2) is 20.0 Å². The van der Waals surface area contributed by atoms with Crippen molar-refractivity contribution >= 4 is 53.2 Å². The molecule has 3 aromatic rings. The maximum absolute atomic E-state index is 12.7. The lowest BCUT2D eigenvalue weighted by atomic mass is 10.2. The highest BCUT2D eigenvalue weighted by atomic mass is 79.9. The molecule has 0 amide bonds. The maximum atomic E-state index is 12.7. The van der Waals surface area contributed by atoms with Crippen molar-refractivity contribution in [3.05, 3.63) is 36.0 Å². The summed E-state index contributed by atoms with van der Waals surface area (Å²) in [6.07, 6.45) is -3.53. The fourth-order valence-corrected chi connectivity index (χ4v) is 4.48. The summed E-state index contributed by atoms with van der Waals surface area (Å²) >= 11 is 2.56. The number of rotatable bonds is 7. The first-order chi connectivity index (χ1) is 15.7. The number of fused-ring (bicyclic) bond motifs is 1. The third-order valence-electron chi connectivity index (χ3n) is 3.97. The highest BCUT2D eigenvalue weighted by molar-refractivity contribution is 9.18. The average Bonchev–Trinajstić information content (AvgIpc) is 3.14. The Balaban J connectivity index is 2.04. The zero-order valence-corrected chi connectivity index (χ0v) is 20.0. The lowest BCUT2D eigenvalue weighted by Crippen LogP contribution is -2.15. The molecule has 0 N–H and O–H groups in total. The van der Waals surface area contributed by atoms with Crippen LogP contribution in [0.25, 0.3) is 22.7 Å². The van der Waals surface area contributed by atoms with E-state index in [0.29, 0.717) is 0 Å². The van der Waals surface area contributed by atoms with Gasteiger partial charge in [-0.3, -0.25) is 0 Å². The van der Waals surface area contributed by atoms with Crippen LogP contribution in [0.4, 0.5) is 26.3 Å². The normalized spacial score (nSPS) is 13.5. The molecule has 2 heterocycles. The molecule has 0 bridgehead atoms. The number of halogens is 7. The summed E-state index contributed by atoms with van der Waals surface area (Å²) < 4.78 is 105. The SMILES string of the molecule is CCS(=O)(=O)c1cc(/C(Br)=N/OCC(F)(F)F)cnc1-c1nc2cc(SC(F)(F)F)ccc2o1. The topological polar surface area (TPSA) is 94.7 Å². The van der Waals surface area contributed by atoms with Gasteiger partial charge in [0.2, 0.25) is 12.5 Å². The second kappa shape index (κ2) is 9.73. The van der Waals surface area contributed by atoms with Crippen LogP contribution in [0.2, 0.25) is 0 Å². The molecule has 0 spiro atoms. The summed E-state index contributed by atoms with van der Waals surface area (Å²) in [4.78, 5) is 11.8. The smallest absolute Gasteiger partial charge is 0.435 e. The van der Waals surface area contributed by atoms with Gasteiger partial charge in [-0.05, 0) is 52.0 Å². The van der Waals surface area contributed by atoms with Crippen LogP contribution in [0.3, 0.4) is 0 Å². The van der Waals surface area contributed by atoms with Crippen LogP contribution in [0, 0.1) is 0 Å². The third-order valence-corrected chi connectivity index (χ3v) is 7.04. The minimum atomic E-state index is -4.62. The molecule has 0 saturated heterocycles. The molecule has 34 heavy (non-hydrogen) atoms. The van der Waals surface area contributed by atoms with E-state index in [-0.39, 0.29) is 60.2 Å². The molecule has 16 heteroatoms. The number of hydrogen-bond acceptors (Lipinski definition) is 8. The summed E-state index contributed by atoms with van der Waals surface area (Å²) in [6.45, 7) is -0.306. The van der Waals surface area contributed by atoms with Gasteiger partial charge < -0.3 is 9.25 Å². The predicted molar refractivity (Wildman–Crippen MR) is 114 cm³/mol. The van der Waals surface area contributed by atoms with Crippen LogP contribution >= 0.6 is 27.7 Å². The molecule has 2 aromatic heterocycles. The fraction of sp³-hybridized carbons (Fsp3) is 0.278. The number of thioether (sulfide) groups is 1. The predicted octanol–water partition coefficient (Wildman–Crippen LogP) is 5.93. The lowest BCUT2D eigenvalue weighted by Gasteiger charge is -2.08. The number of benzene rings is 1. The van der Waals surface area contributed by atoms with E-state index in [0.717, 1.165) is 18.3 Å². The van der Waals surface area contributed by atoms with Gasteiger partial charge in [0, 0.05) is 16.7 Å². The monoisotopic (exact) mass is 591 g/mol. The first-order valence-electron chi connectivity index (χ1n) is 9.00. The second-order valence-corrected chi connectivity index (χ2v) is 10.6. The first-order valence-corrected chi connectivity index (χ1v) is 12.3. The van der Waals surface area contributed by atoms with Crippen molar-refractivity contribution in [1.29, 1.82) is 0 Å². The van der Waals surface area contributed by atoms with E-state index in [1.807, 2.05) is 0 Å². The largest absolute Gasteiger partial charge is 0.446 e. The van der Waals surface area contributed by atoms with Crippen LogP contribution in [0.5, 0.6) is 0 Å². The quantitative estimate of drug-likeness (QED) is 0.145. The molecule has 1 aromatic carbocycles. The average molecular weight is 592 g/mol. The molecule has 0 atom stereocenters. The number of hydrogen-bond donors (Lipinski definition) is 0. The molecule has 7 nitrogen and oxygen atoms in total. The number of aromatic nitrogens is 2. The van der Waals surface area contributed by atoms with Crippen molar-refractivity contribution in [2.45, 2.75) is 28.4 Å². The second-order valence-electron chi connectivity index (χ2n) is 6.44. The Labute approximate surface area is 200 Å². The van der Waals surface area contributed by atoms with Crippen molar-refractivity contribution in [2.24, 2.45) is 5.16 Å². The van der Waals surface area contributed by atoms with Crippen molar-refractivity contribution in [2.75, 3.05) is 12.4 Å². The van der Waals surface area contributed by atoms with E-state index < -0.39 is 28.1 Å². The molecule has 184 valence electrons. The van der Waals surface area contributed by atoms with Crippen LogP contribution in [-0.4, -0.2) is 47.1 Å². The Morgan fingerprint density at radius 2 is 1.91 bits per heavy atom. The van der Waals surface area contributed by atoms with Gasteiger partial charge in [-0.25, -0.2) is 18.4 Å². The Hall–Kier alpha value is -2.33. The molecule has 3 rings (SSSR count). The highest BCUT2D eigenvalue weighted by Crippen LogP contribution is 2.38. The van der Waals surface area contributed by atoms with Crippen LogP contribution in [0.1, 0.15) is 12.5 Å². The van der Waals surface area contributed by atoms with E-state index >= 15 is 0 Å². The number of nitrogens with zero attached hydrogens (tertiary/aromatic N) is 3. The first kappa shape index (κ1) is 26.3. The highest BCUT2D eigenvalue weighted by Gasteiger charge is 2.30. The number of alkyl halides is 6. The van der Waals surface area contributed by atoms with Gasteiger partial charge in [0.25, 0.3) is 0 Å². The summed E-state index contributed by atoms with van der Waals surface area (Å²) in [6, 6.07) is 4.64. The summed E-state index contributed by atoms with van der Waals surface area (Å²) in [5.41, 5.74) is -4.63. The van der Waals surface area contributed by atoms with E-state index in [4.69, 9.17) is 4.42 Å². The van der Waals surface area contributed by atoms with Crippen molar-refractivity contribution in [3.8, 4) is 11.6 Å². The van der Waals surface area contributed by atoms with Gasteiger partial charge in [-0.2, -0.15) is 26.3 Å². The maximum Gasteiger partial charge on any atom is 0.446 e. The third kappa shape index (κ3) is 6.63.